The smallest absolute Gasteiger partial charge is 0.0896 e. The summed E-state index contributed by atoms with van der Waals surface area (Å²) >= 11 is 0. The molecular formula is C13H19N3O. The Morgan fingerprint density at radius 2 is 2.18 bits per heavy atom. The molecule has 0 saturated carbocycles. The van der Waals surface area contributed by atoms with Crippen LogP contribution in [0.1, 0.15) is 18.7 Å². The van der Waals surface area contributed by atoms with Gasteiger partial charge in [0.15, 0.2) is 0 Å². The maximum absolute atomic E-state index is 5.49. The maximum Gasteiger partial charge on any atom is 0.0896 e. The minimum Gasteiger partial charge on any atom is -0.380 e. The first-order valence-electron chi connectivity index (χ1n) is 5.94. The lowest BCUT2D eigenvalue weighted by molar-refractivity contribution is 0.124. The number of aryl methyl sites for hydroxylation is 1. The van der Waals surface area contributed by atoms with Gasteiger partial charge in [0.05, 0.1) is 23.9 Å². The van der Waals surface area contributed by atoms with E-state index in [1.54, 1.807) is 0 Å². The molecule has 92 valence electrons. The van der Waals surface area contributed by atoms with Crippen molar-refractivity contribution in [2.75, 3.05) is 20.3 Å². The molecule has 1 aromatic heterocycles. The first-order valence-corrected chi connectivity index (χ1v) is 5.94. The second-order valence-electron chi connectivity index (χ2n) is 4.03. The van der Waals surface area contributed by atoms with E-state index in [2.05, 4.69) is 22.5 Å². The van der Waals surface area contributed by atoms with Gasteiger partial charge in [-0.2, -0.15) is 5.10 Å². The summed E-state index contributed by atoms with van der Waals surface area (Å²) in [6, 6.07) is 8.40. The molecule has 0 spiro atoms. The number of nitrogens with zero attached hydrogens (tertiary/aromatic N) is 2. The Labute approximate surface area is 102 Å². The number of nitrogens with one attached hydrogen (secondary N) is 1. The van der Waals surface area contributed by atoms with Gasteiger partial charge in [-0.15, -0.1) is 0 Å². The van der Waals surface area contributed by atoms with E-state index in [4.69, 9.17) is 4.74 Å². The second kappa shape index (κ2) is 5.29. The fourth-order valence-electron chi connectivity index (χ4n) is 2.03. The number of fused-ring (bicyclic) bond motifs is 1. The molecular weight excluding hydrogens is 214 g/mol. The molecule has 0 bridgehead atoms. The Bertz CT molecular complexity index is 492. The van der Waals surface area contributed by atoms with Gasteiger partial charge in [0.2, 0.25) is 0 Å². The van der Waals surface area contributed by atoms with Gasteiger partial charge in [-0.25, -0.2) is 0 Å². The van der Waals surface area contributed by atoms with Crippen LogP contribution in [0.3, 0.4) is 0 Å². The Balaban J connectivity index is 2.39. The molecule has 4 nitrogen and oxygen atoms in total. The van der Waals surface area contributed by atoms with E-state index in [9.17, 15) is 0 Å². The van der Waals surface area contributed by atoms with Crippen molar-refractivity contribution in [2.45, 2.75) is 13.0 Å². The average molecular weight is 233 g/mol. The lowest BCUT2D eigenvalue weighted by Gasteiger charge is -2.13. The van der Waals surface area contributed by atoms with Gasteiger partial charge in [-0.1, -0.05) is 18.2 Å². The van der Waals surface area contributed by atoms with E-state index in [-0.39, 0.29) is 6.04 Å². The lowest BCUT2D eigenvalue weighted by Crippen LogP contribution is -2.22. The summed E-state index contributed by atoms with van der Waals surface area (Å²) in [4.78, 5) is 0. The van der Waals surface area contributed by atoms with Crippen LogP contribution in [0.15, 0.2) is 24.3 Å². The standard InChI is InChI=1S/C13H19N3O/c1-4-17-9-11(14-2)13-10-7-5-6-8-12(10)16(3)15-13/h5-8,11,14H,4,9H2,1-3H3. The molecule has 0 aliphatic heterocycles. The molecule has 1 N–H and O–H groups in total. The largest absolute Gasteiger partial charge is 0.380 e. The molecule has 17 heavy (non-hydrogen) atoms. The number of aromatic nitrogens is 2. The van der Waals surface area contributed by atoms with Crippen LogP contribution in [0.2, 0.25) is 0 Å². The Hall–Kier alpha value is -1.39. The number of hydrogen-bond acceptors (Lipinski definition) is 3. The van der Waals surface area contributed by atoms with E-state index < -0.39 is 0 Å². The minimum atomic E-state index is 0.140. The van der Waals surface area contributed by atoms with E-state index in [0.29, 0.717) is 6.61 Å². The first-order chi connectivity index (χ1) is 8.27. The van der Waals surface area contributed by atoms with Crippen molar-refractivity contribution in [1.29, 1.82) is 0 Å². The quantitative estimate of drug-likeness (QED) is 0.857. The summed E-state index contributed by atoms with van der Waals surface area (Å²) in [5, 5.41) is 9.03. The average Bonchev–Trinajstić information content (AvgIpc) is 2.69. The highest BCUT2D eigenvalue weighted by Crippen LogP contribution is 2.23. The molecule has 4 heteroatoms. The summed E-state index contributed by atoms with van der Waals surface area (Å²) in [5.74, 6) is 0. The maximum atomic E-state index is 5.49. The molecule has 0 amide bonds. The number of hydrogen-bond donors (Lipinski definition) is 1. The molecule has 0 saturated heterocycles. The topological polar surface area (TPSA) is 39.1 Å². The van der Waals surface area contributed by atoms with Gasteiger partial charge in [-0.3, -0.25) is 4.68 Å². The summed E-state index contributed by atoms with van der Waals surface area (Å²) in [7, 11) is 3.91. The highest BCUT2D eigenvalue weighted by molar-refractivity contribution is 5.82. The van der Waals surface area contributed by atoms with Crippen molar-refractivity contribution in [3.05, 3.63) is 30.0 Å². The third-order valence-electron chi connectivity index (χ3n) is 2.95. The molecule has 1 aromatic carbocycles. The molecule has 1 atom stereocenters. The number of benzene rings is 1. The SMILES string of the molecule is CCOCC(NC)c1nn(C)c2ccccc12. The van der Waals surface area contributed by atoms with Crippen LogP contribution in [0.25, 0.3) is 10.9 Å². The van der Waals surface area contributed by atoms with Crippen LogP contribution in [0, 0.1) is 0 Å². The highest BCUT2D eigenvalue weighted by atomic mass is 16.5. The molecule has 0 aliphatic carbocycles. The molecule has 2 aromatic rings. The van der Waals surface area contributed by atoms with Crippen molar-refractivity contribution >= 4 is 10.9 Å². The Morgan fingerprint density at radius 3 is 2.88 bits per heavy atom. The van der Waals surface area contributed by atoms with Crippen LogP contribution in [0.4, 0.5) is 0 Å². The van der Waals surface area contributed by atoms with Crippen LogP contribution in [-0.2, 0) is 11.8 Å². The summed E-state index contributed by atoms with van der Waals surface area (Å²) in [5.41, 5.74) is 2.21. The van der Waals surface area contributed by atoms with Gasteiger partial charge in [-0.05, 0) is 20.0 Å². The van der Waals surface area contributed by atoms with E-state index in [0.717, 1.165) is 17.8 Å². The van der Waals surface area contributed by atoms with Gasteiger partial charge in [0.1, 0.15) is 0 Å². The highest BCUT2D eigenvalue weighted by Gasteiger charge is 2.17. The number of ether oxygens (including phenoxy) is 1. The number of para-hydroxylation sites is 1. The zero-order valence-electron chi connectivity index (χ0n) is 10.6. The monoisotopic (exact) mass is 233 g/mol. The summed E-state index contributed by atoms with van der Waals surface area (Å²) < 4.78 is 7.40. The van der Waals surface area contributed by atoms with Gasteiger partial charge >= 0.3 is 0 Å². The number of rotatable bonds is 5. The van der Waals surface area contributed by atoms with Crippen molar-refractivity contribution in [3.63, 3.8) is 0 Å². The fourth-order valence-corrected chi connectivity index (χ4v) is 2.03. The van der Waals surface area contributed by atoms with Crippen LogP contribution < -0.4 is 5.32 Å². The molecule has 1 unspecified atom stereocenters. The zero-order valence-corrected chi connectivity index (χ0v) is 10.6. The third-order valence-corrected chi connectivity index (χ3v) is 2.95. The predicted octanol–water partition coefficient (Wildman–Crippen LogP) is 1.87. The van der Waals surface area contributed by atoms with Crippen LogP contribution in [0.5, 0.6) is 0 Å². The first kappa shape index (κ1) is 12.1. The van der Waals surface area contributed by atoms with E-state index in [1.807, 2.05) is 37.8 Å². The molecule has 0 aliphatic rings. The molecule has 2 rings (SSSR count). The van der Waals surface area contributed by atoms with E-state index >= 15 is 0 Å². The normalized spacial score (nSPS) is 13.1. The minimum absolute atomic E-state index is 0.140. The van der Waals surface area contributed by atoms with Crippen molar-refractivity contribution in [1.82, 2.24) is 15.1 Å². The van der Waals surface area contributed by atoms with Gasteiger partial charge in [0.25, 0.3) is 0 Å². The van der Waals surface area contributed by atoms with Crippen molar-refractivity contribution in [2.24, 2.45) is 7.05 Å². The Kier molecular flexibility index (Phi) is 3.76. The second-order valence-corrected chi connectivity index (χ2v) is 4.03. The van der Waals surface area contributed by atoms with Crippen LogP contribution >= 0.6 is 0 Å². The van der Waals surface area contributed by atoms with E-state index in [1.165, 1.54) is 5.39 Å². The molecule has 0 radical (unpaired) electrons. The zero-order chi connectivity index (χ0) is 12.3. The Morgan fingerprint density at radius 1 is 1.41 bits per heavy atom. The molecule has 1 heterocycles. The van der Waals surface area contributed by atoms with Crippen molar-refractivity contribution < 1.29 is 4.74 Å². The van der Waals surface area contributed by atoms with Crippen molar-refractivity contribution in [3.8, 4) is 0 Å². The lowest BCUT2D eigenvalue weighted by atomic mass is 10.1. The summed E-state index contributed by atoms with van der Waals surface area (Å²) in [6.45, 7) is 3.38. The predicted molar refractivity (Wildman–Crippen MR) is 69.0 cm³/mol. The number of likely N-dealkylation sites (N-methyl/N-ethyl adjacent to an activating group) is 1. The third kappa shape index (κ3) is 2.33. The van der Waals surface area contributed by atoms with Crippen LogP contribution in [-0.4, -0.2) is 30.0 Å². The summed E-state index contributed by atoms with van der Waals surface area (Å²) in [6.07, 6.45) is 0. The van der Waals surface area contributed by atoms with Gasteiger partial charge < -0.3 is 10.1 Å². The molecule has 0 fully saturated rings. The van der Waals surface area contributed by atoms with Gasteiger partial charge in [0, 0.05) is 19.0 Å². The fraction of sp³-hybridized carbons (Fsp3) is 0.462.